The van der Waals surface area contributed by atoms with Crippen molar-refractivity contribution in [3.8, 4) is 11.6 Å². The number of aromatic nitrogens is 3. The van der Waals surface area contributed by atoms with Crippen LogP contribution in [0.2, 0.25) is 0 Å². The quantitative estimate of drug-likeness (QED) is 0.860. The van der Waals surface area contributed by atoms with Crippen LogP contribution in [0.4, 0.5) is 13.2 Å². The van der Waals surface area contributed by atoms with Crippen LogP contribution in [-0.2, 0) is 13.2 Å². The number of pyridine rings is 1. The summed E-state index contributed by atoms with van der Waals surface area (Å²) in [5, 5.41) is 0. The van der Waals surface area contributed by atoms with E-state index in [0.29, 0.717) is 15.2 Å². The summed E-state index contributed by atoms with van der Waals surface area (Å²) in [6.45, 7) is 3.59. The molecule has 124 valence electrons. The lowest BCUT2D eigenvalue weighted by Gasteiger charge is -2.14. The molecule has 6 nitrogen and oxygen atoms in total. The van der Waals surface area contributed by atoms with E-state index in [4.69, 9.17) is 4.74 Å². The zero-order valence-corrected chi connectivity index (χ0v) is 12.6. The van der Waals surface area contributed by atoms with Crippen molar-refractivity contribution in [3.05, 3.63) is 50.9 Å². The van der Waals surface area contributed by atoms with Crippen LogP contribution in [0, 0.1) is 0 Å². The molecular weight excluding hydrogens is 315 g/mol. The summed E-state index contributed by atoms with van der Waals surface area (Å²) in [6.07, 6.45) is -3.72. The Hall–Kier alpha value is -2.58. The van der Waals surface area contributed by atoms with E-state index in [0.717, 1.165) is 7.05 Å². The third-order valence-corrected chi connectivity index (χ3v) is 2.95. The molecule has 23 heavy (non-hydrogen) atoms. The van der Waals surface area contributed by atoms with Crippen LogP contribution in [0.15, 0.2) is 34.0 Å². The normalized spacial score (nSPS) is 11.8. The molecule has 0 saturated carbocycles. The van der Waals surface area contributed by atoms with Crippen LogP contribution in [0.3, 0.4) is 0 Å². The van der Waals surface area contributed by atoms with Gasteiger partial charge >= 0.3 is 11.9 Å². The molecule has 0 radical (unpaired) electrons. The van der Waals surface area contributed by atoms with Gasteiger partial charge in [-0.05, 0) is 19.9 Å². The molecule has 0 aromatic carbocycles. The summed E-state index contributed by atoms with van der Waals surface area (Å²) in [5.41, 5.74) is -3.44. The number of hydrogen-bond acceptors (Lipinski definition) is 4. The summed E-state index contributed by atoms with van der Waals surface area (Å²) in [6, 6.07) is 3.18. The van der Waals surface area contributed by atoms with Gasteiger partial charge in [-0.1, -0.05) is 0 Å². The number of halogens is 3. The van der Waals surface area contributed by atoms with Gasteiger partial charge < -0.3 is 4.74 Å². The van der Waals surface area contributed by atoms with Crippen LogP contribution >= 0.6 is 0 Å². The summed E-state index contributed by atoms with van der Waals surface area (Å²) >= 11 is 0. The third-order valence-electron chi connectivity index (χ3n) is 2.95. The van der Waals surface area contributed by atoms with Gasteiger partial charge in [0.15, 0.2) is 0 Å². The van der Waals surface area contributed by atoms with Crippen LogP contribution in [0.25, 0.3) is 5.69 Å². The molecule has 0 aliphatic rings. The van der Waals surface area contributed by atoms with Crippen molar-refractivity contribution in [2.24, 2.45) is 7.05 Å². The Kier molecular flexibility index (Phi) is 4.31. The molecule has 0 unspecified atom stereocenters. The zero-order valence-electron chi connectivity index (χ0n) is 12.6. The molecule has 0 aliphatic carbocycles. The standard InChI is InChI=1S/C14H14F3N3O3/c1-8(2)23-11-5-4-9(7-18-11)20-12(21)6-10(14(15,16)17)19(3)13(20)22/h4-8H,1-3H3. The average Bonchev–Trinajstić information content (AvgIpc) is 2.43. The van der Waals surface area contributed by atoms with Crippen LogP contribution in [0.1, 0.15) is 19.5 Å². The first-order valence-corrected chi connectivity index (χ1v) is 6.64. The highest BCUT2D eigenvalue weighted by Crippen LogP contribution is 2.26. The minimum atomic E-state index is -4.79. The largest absolute Gasteiger partial charge is 0.475 e. The van der Waals surface area contributed by atoms with Gasteiger partial charge in [0, 0.05) is 19.2 Å². The predicted octanol–water partition coefficient (Wildman–Crippen LogP) is 1.74. The van der Waals surface area contributed by atoms with Gasteiger partial charge in [0.25, 0.3) is 5.56 Å². The van der Waals surface area contributed by atoms with Crippen LogP contribution in [-0.4, -0.2) is 20.2 Å². The molecule has 2 aromatic heterocycles. The molecule has 0 aliphatic heterocycles. The van der Waals surface area contributed by atoms with E-state index < -0.39 is 23.1 Å². The molecule has 2 rings (SSSR count). The Morgan fingerprint density at radius 1 is 1.22 bits per heavy atom. The van der Waals surface area contributed by atoms with Crippen molar-refractivity contribution in [2.45, 2.75) is 26.1 Å². The van der Waals surface area contributed by atoms with Gasteiger partial charge in [-0.25, -0.2) is 14.3 Å². The highest BCUT2D eigenvalue weighted by atomic mass is 19.4. The third kappa shape index (κ3) is 3.43. The topological polar surface area (TPSA) is 66.1 Å². The zero-order chi connectivity index (χ0) is 17.4. The van der Waals surface area contributed by atoms with E-state index in [-0.39, 0.29) is 17.7 Å². The second kappa shape index (κ2) is 5.90. The molecule has 9 heteroatoms. The number of ether oxygens (including phenoxy) is 1. The van der Waals surface area contributed by atoms with Gasteiger partial charge in [-0.3, -0.25) is 9.36 Å². The number of nitrogens with zero attached hydrogens (tertiary/aromatic N) is 3. The summed E-state index contributed by atoms with van der Waals surface area (Å²) in [5.74, 6) is 0.278. The van der Waals surface area contributed by atoms with Crippen molar-refractivity contribution in [2.75, 3.05) is 0 Å². The second-order valence-corrected chi connectivity index (χ2v) is 5.06. The Morgan fingerprint density at radius 3 is 2.35 bits per heavy atom. The lowest BCUT2D eigenvalue weighted by molar-refractivity contribution is -0.144. The van der Waals surface area contributed by atoms with Crippen LogP contribution < -0.4 is 16.0 Å². The summed E-state index contributed by atoms with van der Waals surface area (Å²) in [7, 11) is 0.949. The van der Waals surface area contributed by atoms with E-state index >= 15 is 0 Å². The molecule has 0 spiro atoms. The monoisotopic (exact) mass is 329 g/mol. The van der Waals surface area contributed by atoms with E-state index in [9.17, 15) is 22.8 Å². The van der Waals surface area contributed by atoms with Crippen molar-refractivity contribution in [1.82, 2.24) is 14.1 Å². The average molecular weight is 329 g/mol. The highest BCUT2D eigenvalue weighted by Gasteiger charge is 2.35. The first-order chi connectivity index (χ1) is 10.6. The van der Waals surface area contributed by atoms with Gasteiger partial charge in [0.1, 0.15) is 5.69 Å². The Balaban J connectivity index is 2.55. The molecule has 2 aromatic rings. The van der Waals surface area contributed by atoms with Crippen molar-refractivity contribution >= 4 is 0 Å². The van der Waals surface area contributed by atoms with Gasteiger partial charge in [-0.15, -0.1) is 0 Å². The van der Waals surface area contributed by atoms with Crippen molar-refractivity contribution in [1.29, 1.82) is 0 Å². The number of alkyl halides is 3. The minimum Gasteiger partial charge on any atom is -0.475 e. The smallest absolute Gasteiger partial charge is 0.431 e. The molecule has 0 N–H and O–H groups in total. The Morgan fingerprint density at radius 2 is 1.87 bits per heavy atom. The Bertz CT molecular complexity index is 820. The fraction of sp³-hybridized carbons (Fsp3) is 0.357. The van der Waals surface area contributed by atoms with Gasteiger partial charge in [-0.2, -0.15) is 13.2 Å². The molecular formula is C14H14F3N3O3. The molecule has 0 fully saturated rings. The van der Waals surface area contributed by atoms with E-state index in [1.54, 1.807) is 13.8 Å². The van der Waals surface area contributed by atoms with Crippen molar-refractivity contribution in [3.63, 3.8) is 0 Å². The molecule has 0 amide bonds. The Labute approximate surface area is 128 Å². The maximum atomic E-state index is 12.8. The van der Waals surface area contributed by atoms with E-state index in [2.05, 4.69) is 4.98 Å². The van der Waals surface area contributed by atoms with Crippen LogP contribution in [0.5, 0.6) is 5.88 Å². The second-order valence-electron chi connectivity index (χ2n) is 5.06. The maximum Gasteiger partial charge on any atom is 0.431 e. The van der Waals surface area contributed by atoms with Gasteiger partial charge in [0.05, 0.1) is 18.0 Å². The van der Waals surface area contributed by atoms with Gasteiger partial charge in [0.2, 0.25) is 5.88 Å². The number of rotatable bonds is 3. The molecule has 0 atom stereocenters. The number of hydrogen-bond donors (Lipinski definition) is 0. The highest BCUT2D eigenvalue weighted by molar-refractivity contribution is 5.31. The molecule has 0 bridgehead atoms. The lowest BCUT2D eigenvalue weighted by atomic mass is 10.3. The first-order valence-electron chi connectivity index (χ1n) is 6.64. The summed E-state index contributed by atoms with van der Waals surface area (Å²) < 4.78 is 44.7. The first kappa shape index (κ1) is 16.8. The minimum absolute atomic E-state index is 0.0560. The van der Waals surface area contributed by atoms with Crippen molar-refractivity contribution < 1.29 is 17.9 Å². The van der Waals surface area contributed by atoms with E-state index in [1.807, 2.05) is 0 Å². The predicted molar refractivity (Wildman–Crippen MR) is 75.8 cm³/mol. The lowest BCUT2D eigenvalue weighted by Crippen LogP contribution is -2.40. The summed E-state index contributed by atoms with van der Waals surface area (Å²) in [4.78, 5) is 27.9. The van der Waals surface area contributed by atoms with E-state index in [1.165, 1.54) is 18.3 Å². The SMILES string of the molecule is CC(C)Oc1ccc(-n2c(=O)cc(C(F)(F)F)n(C)c2=O)cn1. The fourth-order valence-corrected chi connectivity index (χ4v) is 1.95. The maximum absolute atomic E-state index is 12.8. The fourth-order valence-electron chi connectivity index (χ4n) is 1.95. The molecule has 0 saturated heterocycles. The molecule has 2 heterocycles.